The molecule has 4 nitrogen and oxygen atoms in total. The van der Waals surface area contributed by atoms with Crippen LogP contribution in [0.2, 0.25) is 0 Å². The third-order valence-corrected chi connectivity index (χ3v) is 6.30. The first-order chi connectivity index (χ1) is 14.3. The lowest BCUT2D eigenvalue weighted by molar-refractivity contribution is 0.101. The molecular formula is C25H24O4. The Morgan fingerprint density at radius 1 is 0.793 bits per heavy atom. The van der Waals surface area contributed by atoms with E-state index in [-0.39, 0.29) is 37.8 Å². The molecule has 4 heteroatoms. The normalized spacial score (nSPS) is 22.3. The number of aliphatic hydroxyl groups excluding tert-OH is 2. The Morgan fingerprint density at radius 2 is 1.62 bits per heavy atom. The molecule has 2 aliphatic rings. The molecule has 1 aliphatic heterocycles. The number of aliphatic hydroxyl groups is 2. The summed E-state index contributed by atoms with van der Waals surface area (Å²) in [5.74, 6) is 1.44. The van der Waals surface area contributed by atoms with Crippen LogP contribution < -0.4 is 9.47 Å². The zero-order valence-electron chi connectivity index (χ0n) is 16.1. The smallest absolute Gasteiger partial charge is 0.231 e. The number of ether oxygens (including phenoxy) is 2. The molecule has 1 unspecified atom stereocenters. The summed E-state index contributed by atoms with van der Waals surface area (Å²) in [6.45, 7) is 0.326. The van der Waals surface area contributed by atoms with Gasteiger partial charge in [0.05, 0.1) is 0 Å². The average molecular weight is 388 g/mol. The second-order valence-electron chi connectivity index (χ2n) is 7.86. The first kappa shape index (κ1) is 18.2. The number of hydrogen-bond donors (Lipinski definition) is 2. The van der Waals surface area contributed by atoms with Crippen molar-refractivity contribution in [1.29, 1.82) is 0 Å². The van der Waals surface area contributed by atoms with Gasteiger partial charge in [0.1, 0.15) is 0 Å². The molecule has 148 valence electrons. The van der Waals surface area contributed by atoms with Crippen molar-refractivity contribution in [2.45, 2.75) is 12.3 Å². The monoisotopic (exact) mass is 388 g/mol. The van der Waals surface area contributed by atoms with Crippen molar-refractivity contribution >= 4 is 0 Å². The zero-order valence-corrected chi connectivity index (χ0v) is 16.1. The zero-order chi connectivity index (χ0) is 19.8. The van der Waals surface area contributed by atoms with Gasteiger partial charge in [0, 0.05) is 19.1 Å². The van der Waals surface area contributed by atoms with E-state index in [0.717, 1.165) is 29.0 Å². The van der Waals surface area contributed by atoms with Crippen LogP contribution >= 0.6 is 0 Å². The van der Waals surface area contributed by atoms with Crippen molar-refractivity contribution in [3.05, 3.63) is 83.4 Å². The van der Waals surface area contributed by atoms with Crippen LogP contribution in [0, 0.1) is 11.8 Å². The van der Waals surface area contributed by atoms with Gasteiger partial charge in [-0.05, 0) is 58.2 Å². The van der Waals surface area contributed by atoms with E-state index in [9.17, 15) is 10.2 Å². The summed E-state index contributed by atoms with van der Waals surface area (Å²) in [5, 5.41) is 20.3. The molecule has 5 rings (SSSR count). The fourth-order valence-corrected chi connectivity index (χ4v) is 4.80. The molecule has 1 heterocycles. The molecule has 3 aromatic rings. The quantitative estimate of drug-likeness (QED) is 0.710. The Balaban J connectivity index is 1.65. The first-order valence-corrected chi connectivity index (χ1v) is 10.1. The number of rotatable bonds is 4. The van der Waals surface area contributed by atoms with Gasteiger partial charge in [-0.2, -0.15) is 0 Å². The minimum atomic E-state index is -0.0566. The highest BCUT2D eigenvalue weighted by Crippen LogP contribution is 2.46. The maximum Gasteiger partial charge on any atom is 0.231 e. The van der Waals surface area contributed by atoms with Gasteiger partial charge < -0.3 is 19.7 Å². The molecule has 0 amide bonds. The Bertz CT molecular complexity index is 1010. The fourth-order valence-electron chi connectivity index (χ4n) is 4.80. The molecule has 0 bridgehead atoms. The van der Waals surface area contributed by atoms with Crippen LogP contribution in [-0.4, -0.2) is 30.2 Å². The third-order valence-electron chi connectivity index (χ3n) is 6.30. The van der Waals surface area contributed by atoms with Gasteiger partial charge >= 0.3 is 0 Å². The van der Waals surface area contributed by atoms with E-state index in [1.807, 2.05) is 30.3 Å². The van der Waals surface area contributed by atoms with Crippen LogP contribution in [0.15, 0.2) is 66.7 Å². The first-order valence-electron chi connectivity index (χ1n) is 10.1. The third kappa shape index (κ3) is 3.18. The van der Waals surface area contributed by atoms with E-state index in [1.165, 1.54) is 16.7 Å². The lowest BCUT2D eigenvalue weighted by Crippen LogP contribution is -2.35. The number of hydrogen-bond acceptors (Lipinski definition) is 4. The molecule has 0 radical (unpaired) electrons. The lowest BCUT2D eigenvalue weighted by atomic mass is 9.66. The topological polar surface area (TPSA) is 58.9 Å². The predicted molar refractivity (Wildman–Crippen MR) is 111 cm³/mol. The van der Waals surface area contributed by atoms with Crippen LogP contribution in [0.4, 0.5) is 0 Å². The van der Waals surface area contributed by atoms with E-state index in [4.69, 9.17) is 9.47 Å². The van der Waals surface area contributed by atoms with Crippen molar-refractivity contribution < 1.29 is 19.7 Å². The summed E-state index contributed by atoms with van der Waals surface area (Å²) >= 11 is 0. The van der Waals surface area contributed by atoms with E-state index >= 15 is 0 Å². The van der Waals surface area contributed by atoms with Crippen LogP contribution in [0.5, 0.6) is 11.5 Å². The molecule has 3 atom stereocenters. The summed E-state index contributed by atoms with van der Waals surface area (Å²) in [6.07, 6.45) is 0.771. The van der Waals surface area contributed by atoms with Gasteiger partial charge in [-0.3, -0.25) is 0 Å². The van der Waals surface area contributed by atoms with Gasteiger partial charge in [0.25, 0.3) is 0 Å². The van der Waals surface area contributed by atoms with Gasteiger partial charge in [-0.25, -0.2) is 0 Å². The minimum Gasteiger partial charge on any atom is -0.454 e. The lowest BCUT2D eigenvalue weighted by Gasteiger charge is -2.39. The SMILES string of the molecule is OC[C@H]1Cc2ccc(-c3ccccc3)cc2C(c2ccc3c(c2)OCO3)[C@@H]1CO. The highest BCUT2D eigenvalue weighted by atomic mass is 16.7. The molecule has 0 spiro atoms. The largest absolute Gasteiger partial charge is 0.454 e. The summed E-state index contributed by atoms with van der Waals surface area (Å²) in [7, 11) is 0. The minimum absolute atomic E-state index is 0.0148. The Kier molecular flexibility index (Phi) is 4.74. The van der Waals surface area contributed by atoms with E-state index in [0.29, 0.717) is 0 Å². The number of fused-ring (bicyclic) bond motifs is 2. The van der Waals surface area contributed by atoms with Crippen molar-refractivity contribution in [2.75, 3.05) is 20.0 Å². The molecule has 0 fully saturated rings. The maximum absolute atomic E-state index is 10.3. The Hall–Kier alpha value is -2.82. The van der Waals surface area contributed by atoms with Crippen LogP contribution in [-0.2, 0) is 6.42 Å². The van der Waals surface area contributed by atoms with Crippen LogP contribution in [0.25, 0.3) is 11.1 Å². The molecule has 0 saturated carbocycles. The number of benzene rings is 3. The molecule has 29 heavy (non-hydrogen) atoms. The van der Waals surface area contributed by atoms with Gasteiger partial charge in [0.2, 0.25) is 6.79 Å². The second kappa shape index (κ2) is 7.54. The summed E-state index contributed by atoms with van der Waals surface area (Å²) in [6, 6.07) is 22.9. The molecule has 1 aliphatic carbocycles. The van der Waals surface area contributed by atoms with Gasteiger partial charge in [-0.15, -0.1) is 0 Å². The van der Waals surface area contributed by atoms with Crippen molar-refractivity contribution in [3.63, 3.8) is 0 Å². The summed E-state index contributed by atoms with van der Waals surface area (Å²) < 4.78 is 11.1. The standard InChI is InChI=1S/C25H24O4/c26-13-20-10-18-7-6-17(16-4-2-1-3-5-16)11-21(18)25(22(20)14-27)19-8-9-23-24(12-19)29-15-28-23/h1-9,11-12,20,22,25-27H,10,13-15H2/t20-,22-,25?/m1/s1. The van der Waals surface area contributed by atoms with E-state index in [2.05, 4.69) is 36.4 Å². The predicted octanol–water partition coefficient (Wildman–Crippen LogP) is 3.99. The summed E-state index contributed by atoms with van der Waals surface area (Å²) in [4.78, 5) is 0. The molecule has 2 N–H and O–H groups in total. The molecule has 3 aromatic carbocycles. The molecular weight excluding hydrogens is 364 g/mol. The van der Waals surface area contributed by atoms with Crippen molar-refractivity contribution in [1.82, 2.24) is 0 Å². The highest BCUT2D eigenvalue weighted by Gasteiger charge is 2.37. The van der Waals surface area contributed by atoms with Gasteiger partial charge in [-0.1, -0.05) is 54.6 Å². The maximum atomic E-state index is 10.3. The van der Waals surface area contributed by atoms with Crippen LogP contribution in [0.1, 0.15) is 22.6 Å². The highest BCUT2D eigenvalue weighted by molar-refractivity contribution is 5.66. The fraction of sp³-hybridized carbons (Fsp3) is 0.280. The van der Waals surface area contributed by atoms with Crippen molar-refractivity contribution in [2.24, 2.45) is 11.8 Å². The molecule has 0 saturated heterocycles. The van der Waals surface area contributed by atoms with E-state index in [1.54, 1.807) is 0 Å². The Morgan fingerprint density at radius 3 is 2.41 bits per heavy atom. The summed E-state index contributed by atoms with van der Waals surface area (Å²) in [5.41, 5.74) is 5.86. The Labute approximate surface area is 170 Å². The second-order valence-corrected chi connectivity index (χ2v) is 7.86. The average Bonchev–Trinajstić information content (AvgIpc) is 3.25. The van der Waals surface area contributed by atoms with Crippen LogP contribution in [0.3, 0.4) is 0 Å². The van der Waals surface area contributed by atoms with E-state index < -0.39 is 0 Å². The molecule has 0 aromatic heterocycles. The van der Waals surface area contributed by atoms with Gasteiger partial charge in [0.15, 0.2) is 11.5 Å². The van der Waals surface area contributed by atoms with Crippen molar-refractivity contribution in [3.8, 4) is 22.6 Å².